The highest BCUT2D eigenvalue weighted by molar-refractivity contribution is 5.66. The summed E-state index contributed by atoms with van der Waals surface area (Å²) in [5.41, 5.74) is 1.87. The van der Waals surface area contributed by atoms with Gasteiger partial charge in [0.15, 0.2) is 17.5 Å². The number of nitriles is 1. The van der Waals surface area contributed by atoms with Gasteiger partial charge in [0.25, 0.3) is 0 Å². The third-order valence-corrected chi connectivity index (χ3v) is 4.77. The number of nitrogens with zero attached hydrogens (tertiary/aromatic N) is 2. The normalized spacial score (nSPS) is 18.8. The van der Waals surface area contributed by atoms with Crippen molar-refractivity contribution >= 4 is 23.4 Å². The van der Waals surface area contributed by atoms with E-state index in [-0.39, 0.29) is 29.3 Å². The molecule has 1 heterocycles. The van der Waals surface area contributed by atoms with Crippen LogP contribution in [-0.2, 0) is 0 Å². The number of hydrogen-bond donors (Lipinski definition) is 4. The number of rotatable bonds is 5. The minimum absolute atomic E-state index is 0.00163. The number of aromatic nitrogens is 1. The first kappa shape index (κ1) is 19.4. The van der Waals surface area contributed by atoms with Crippen molar-refractivity contribution in [3.63, 3.8) is 0 Å². The predicted molar refractivity (Wildman–Crippen MR) is 104 cm³/mol. The molecule has 0 aliphatic heterocycles. The molecular weight excluding hydrogens is 361 g/mol. The van der Waals surface area contributed by atoms with Crippen molar-refractivity contribution in [3.05, 3.63) is 47.3 Å². The van der Waals surface area contributed by atoms with E-state index in [1.54, 1.807) is 0 Å². The molecule has 1 amide bonds. The Morgan fingerprint density at radius 3 is 2.68 bits per heavy atom. The molecule has 1 fully saturated rings. The van der Waals surface area contributed by atoms with E-state index in [4.69, 9.17) is 5.11 Å². The summed E-state index contributed by atoms with van der Waals surface area (Å²) in [6.45, 7) is 1.94. The van der Waals surface area contributed by atoms with Gasteiger partial charge in [-0.2, -0.15) is 5.26 Å². The maximum atomic E-state index is 14.5. The molecule has 28 heavy (non-hydrogen) atoms. The molecule has 2 aromatic rings. The zero-order valence-corrected chi connectivity index (χ0v) is 15.5. The molecule has 1 saturated carbocycles. The van der Waals surface area contributed by atoms with Gasteiger partial charge >= 0.3 is 6.09 Å². The summed E-state index contributed by atoms with van der Waals surface area (Å²) in [5.74, 6) is -0.403. The van der Waals surface area contributed by atoms with Crippen LogP contribution in [0.15, 0.2) is 30.3 Å². The van der Waals surface area contributed by atoms with Gasteiger partial charge in [0.05, 0.1) is 11.6 Å². The predicted octanol–water partition coefficient (Wildman–Crippen LogP) is 4.14. The van der Waals surface area contributed by atoms with Gasteiger partial charge in [-0.3, -0.25) is 0 Å². The fourth-order valence-electron chi connectivity index (χ4n) is 3.44. The molecule has 1 aromatic carbocycles. The van der Waals surface area contributed by atoms with Crippen LogP contribution < -0.4 is 16.0 Å². The molecule has 0 radical (unpaired) electrons. The molecule has 0 saturated heterocycles. The molecule has 1 aliphatic carbocycles. The summed E-state index contributed by atoms with van der Waals surface area (Å²) in [6.07, 6.45) is 2.10. The Kier molecular flexibility index (Phi) is 5.94. The van der Waals surface area contributed by atoms with Crippen LogP contribution in [0, 0.1) is 24.1 Å². The van der Waals surface area contributed by atoms with Gasteiger partial charge in [-0.25, -0.2) is 14.2 Å². The van der Waals surface area contributed by atoms with Crippen LogP contribution >= 0.6 is 0 Å². The molecule has 1 aliphatic rings. The van der Waals surface area contributed by atoms with Gasteiger partial charge < -0.3 is 21.1 Å². The second-order valence-electron chi connectivity index (χ2n) is 6.91. The minimum atomic E-state index is -1.10. The Morgan fingerprint density at radius 2 is 2.00 bits per heavy atom. The smallest absolute Gasteiger partial charge is 0.404 e. The zero-order chi connectivity index (χ0) is 20.1. The molecule has 7 nitrogen and oxygen atoms in total. The van der Waals surface area contributed by atoms with E-state index in [2.05, 4.69) is 20.9 Å². The summed E-state index contributed by atoms with van der Waals surface area (Å²) < 4.78 is 14.5. The average Bonchev–Trinajstić information content (AvgIpc) is 2.65. The second-order valence-corrected chi connectivity index (χ2v) is 6.91. The van der Waals surface area contributed by atoms with Crippen LogP contribution in [0.3, 0.4) is 0 Å². The number of amides is 1. The van der Waals surface area contributed by atoms with Gasteiger partial charge in [0, 0.05) is 11.7 Å². The molecule has 0 bridgehead atoms. The van der Waals surface area contributed by atoms with Crippen LogP contribution in [0.25, 0.3) is 0 Å². The largest absolute Gasteiger partial charge is 0.465 e. The zero-order valence-electron chi connectivity index (χ0n) is 15.5. The topological polar surface area (TPSA) is 110 Å². The summed E-state index contributed by atoms with van der Waals surface area (Å²) in [4.78, 5) is 15.3. The third kappa shape index (κ3) is 4.68. The quantitative estimate of drug-likeness (QED) is 0.618. The first-order chi connectivity index (χ1) is 13.5. The average molecular weight is 383 g/mol. The molecule has 0 spiro atoms. The number of halogens is 1. The SMILES string of the molecule is Cc1cccc(Nc2nc(N[C@@H]3CCCC[C@@H]3NC(=O)O)c(F)cc2C#N)c1. The summed E-state index contributed by atoms with van der Waals surface area (Å²) in [7, 11) is 0. The summed E-state index contributed by atoms with van der Waals surface area (Å²) >= 11 is 0. The Balaban J connectivity index is 1.86. The lowest BCUT2D eigenvalue weighted by atomic mass is 9.90. The Morgan fingerprint density at radius 1 is 1.25 bits per heavy atom. The molecule has 2 atom stereocenters. The lowest BCUT2D eigenvalue weighted by Crippen LogP contribution is -2.48. The molecule has 4 N–H and O–H groups in total. The van der Waals surface area contributed by atoms with E-state index < -0.39 is 11.9 Å². The molecule has 146 valence electrons. The molecule has 3 rings (SSSR count). The fraction of sp³-hybridized carbons (Fsp3) is 0.350. The van der Waals surface area contributed by atoms with Crippen molar-refractivity contribution in [2.75, 3.05) is 10.6 Å². The van der Waals surface area contributed by atoms with Gasteiger partial charge in [-0.1, -0.05) is 25.0 Å². The van der Waals surface area contributed by atoms with E-state index in [1.807, 2.05) is 37.3 Å². The first-order valence-electron chi connectivity index (χ1n) is 9.16. The molecule has 1 aromatic heterocycles. The van der Waals surface area contributed by atoms with E-state index in [9.17, 15) is 14.4 Å². The molecule has 8 heteroatoms. The number of carboxylic acid groups (broad SMARTS) is 1. The monoisotopic (exact) mass is 383 g/mol. The van der Waals surface area contributed by atoms with Gasteiger partial charge in [-0.05, 0) is 43.5 Å². The van der Waals surface area contributed by atoms with E-state index in [0.717, 1.165) is 30.2 Å². The Hall–Kier alpha value is -3.34. The van der Waals surface area contributed by atoms with Crippen LogP contribution in [-0.4, -0.2) is 28.3 Å². The van der Waals surface area contributed by atoms with Crippen molar-refractivity contribution in [3.8, 4) is 6.07 Å². The van der Waals surface area contributed by atoms with E-state index >= 15 is 0 Å². The van der Waals surface area contributed by atoms with Gasteiger partial charge in [0.2, 0.25) is 0 Å². The van der Waals surface area contributed by atoms with Crippen LogP contribution in [0.4, 0.5) is 26.5 Å². The van der Waals surface area contributed by atoms with Crippen molar-refractivity contribution in [1.29, 1.82) is 5.26 Å². The lowest BCUT2D eigenvalue weighted by molar-refractivity contribution is 0.184. The van der Waals surface area contributed by atoms with Gasteiger partial charge in [-0.15, -0.1) is 0 Å². The fourth-order valence-corrected chi connectivity index (χ4v) is 3.44. The molecule has 0 unspecified atom stereocenters. The number of aryl methyl sites for hydroxylation is 1. The number of anilines is 3. The maximum absolute atomic E-state index is 14.5. The van der Waals surface area contributed by atoms with E-state index in [0.29, 0.717) is 12.8 Å². The molecular formula is C20H22FN5O2. The van der Waals surface area contributed by atoms with E-state index in [1.165, 1.54) is 0 Å². The van der Waals surface area contributed by atoms with Crippen LogP contribution in [0.1, 0.15) is 36.8 Å². The Labute approximate surface area is 162 Å². The van der Waals surface area contributed by atoms with Crippen molar-refractivity contribution in [1.82, 2.24) is 10.3 Å². The number of benzene rings is 1. The number of pyridine rings is 1. The number of hydrogen-bond acceptors (Lipinski definition) is 5. The van der Waals surface area contributed by atoms with Crippen molar-refractivity contribution in [2.45, 2.75) is 44.7 Å². The highest BCUT2D eigenvalue weighted by Gasteiger charge is 2.28. The number of carbonyl (C=O) groups is 1. The Bertz CT molecular complexity index is 912. The lowest BCUT2D eigenvalue weighted by Gasteiger charge is -2.32. The van der Waals surface area contributed by atoms with Crippen molar-refractivity contribution < 1.29 is 14.3 Å². The first-order valence-corrected chi connectivity index (χ1v) is 9.16. The summed E-state index contributed by atoms with van der Waals surface area (Å²) in [6, 6.07) is 10.0. The van der Waals surface area contributed by atoms with Crippen LogP contribution in [0.2, 0.25) is 0 Å². The highest BCUT2D eigenvalue weighted by Crippen LogP contribution is 2.27. The maximum Gasteiger partial charge on any atom is 0.404 e. The summed E-state index contributed by atoms with van der Waals surface area (Å²) in [5, 5.41) is 27.0. The minimum Gasteiger partial charge on any atom is -0.465 e. The second kappa shape index (κ2) is 8.57. The van der Waals surface area contributed by atoms with Crippen molar-refractivity contribution in [2.24, 2.45) is 0 Å². The van der Waals surface area contributed by atoms with Gasteiger partial charge in [0.1, 0.15) is 6.07 Å². The number of nitrogens with one attached hydrogen (secondary N) is 3. The standard InChI is InChI=1S/C20H22FN5O2/c1-12-5-4-6-14(9-12)23-18-13(11-22)10-15(21)19(26-18)24-16-7-2-3-8-17(16)25-20(27)28/h4-6,9-10,16-17,25H,2-3,7-8H2,1H3,(H,27,28)(H2,23,24,26)/t16-,17+/m1/s1. The highest BCUT2D eigenvalue weighted by atomic mass is 19.1. The van der Waals surface area contributed by atoms with Crippen LogP contribution in [0.5, 0.6) is 0 Å². The third-order valence-electron chi connectivity index (χ3n) is 4.77.